The maximum absolute atomic E-state index is 5.24. The van der Waals surface area contributed by atoms with E-state index in [0.717, 1.165) is 42.7 Å². The Kier molecular flexibility index (Phi) is 5.48. The molecule has 1 saturated heterocycles. The van der Waals surface area contributed by atoms with E-state index in [9.17, 15) is 0 Å². The molecule has 1 N–H and O–H groups in total. The first-order valence-corrected chi connectivity index (χ1v) is 8.57. The lowest BCUT2D eigenvalue weighted by molar-refractivity contribution is 0.414. The number of hydrogen-bond donors (Lipinski definition) is 1. The van der Waals surface area contributed by atoms with Crippen LogP contribution in [-0.2, 0) is 6.54 Å². The van der Waals surface area contributed by atoms with E-state index >= 15 is 0 Å². The standard InChI is InChI=1S/C19H25N5O/c1-14-21-10-8-17(23-14)12-22-19(20-2)24-11-9-16(13-24)15-4-6-18(25-3)7-5-15/h4-8,10,16H,9,11-13H2,1-3H3,(H,20,22). The van der Waals surface area contributed by atoms with Crippen molar-refractivity contribution in [3.8, 4) is 5.75 Å². The van der Waals surface area contributed by atoms with Gasteiger partial charge in [0, 0.05) is 32.3 Å². The van der Waals surface area contributed by atoms with Crippen LogP contribution in [0.25, 0.3) is 0 Å². The Morgan fingerprint density at radius 2 is 2.12 bits per heavy atom. The molecule has 2 heterocycles. The van der Waals surface area contributed by atoms with Crippen LogP contribution in [0.15, 0.2) is 41.5 Å². The van der Waals surface area contributed by atoms with E-state index in [1.165, 1.54) is 5.56 Å². The van der Waals surface area contributed by atoms with Crippen LogP contribution in [-0.4, -0.2) is 48.1 Å². The Morgan fingerprint density at radius 1 is 1.32 bits per heavy atom. The lowest BCUT2D eigenvalue weighted by atomic mass is 9.98. The molecule has 1 fully saturated rings. The summed E-state index contributed by atoms with van der Waals surface area (Å²) in [6.07, 6.45) is 2.91. The zero-order chi connectivity index (χ0) is 17.6. The number of likely N-dealkylation sites (tertiary alicyclic amines) is 1. The second-order valence-corrected chi connectivity index (χ2v) is 6.20. The smallest absolute Gasteiger partial charge is 0.193 e. The molecule has 6 heteroatoms. The first-order valence-electron chi connectivity index (χ1n) is 8.57. The van der Waals surface area contributed by atoms with Crippen molar-refractivity contribution in [2.75, 3.05) is 27.2 Å². The van der Waals surface area contributed by atoms with E-state index in [1.807, 2.05) is 32.2 Å². The lowest BCUT2D eigenvalue weighted by Gasteiger charge is -2.21. The van der Waals surface area contributed by atoms with Crippen LogP contribution in [0.3, 0.4) is 0 Å². The van der Waals surface area contributed by atoms with Gasteiger partial charge in [-0.3, -0.25) is 4.99 Å². The summed E-state index contributed by atoms with van der Waals surface area (Å²) in [5.74, 6) is 3.13. The quantitative estimate of drug-likeness (QED) is 0.684. The highest BCUT2D eigenvalue weighted by molar-refractivity contribution is 5.80. The third kappa shape index (κ3) is 4.26. The molecule has 1 unspecified atom stereocenters. The highest BCUT2D eigenvalue weighted by Gasteiger charge is 2.26. The van der Waals surface area contributed by atoms with Crippen molar-refractivity contribution in [2.24, 2.45) is 4.99 Å². The Labute approximate surface area is 149 Å². The van der Waals surface area contributed by atoms with Gasteiger partial charge in [0.15, 0.2) is 5.96 Å². The Balaban J connectivity index is 1.59. The summed E-state index contributed by atoms with van der Waals surface area (Å²) in [7, 11) is 3.52. The van der Waals surface area contributed by atoms with Crippen LogP contribution in [0.5, 0.6) is 5.75 Å². The highest BCUT2D eigenvalue weighted by Crippen LogP contribution is 2.28. The average Bonchev–Trinajstić information content (AvgIpc) is 3.12. The number of aromatic nitrogens is 2. The van der Waals surface area contributed by atoms with Crippen molar-refractivity contribution in [3.63, 3.8) is 0 Å². The average molecular weight is 339 g/mol. The largest absolute Gasteiger partial charge is 0.497 e. The predicted molar refractivity (Wildman–Crippen MR) is 98.9 cm³/mol. The molecule has 1 aliphatic heterocycles. The van der Waals surface area contributed by atoms with Crippen molar-refractivity contribution < 1.29 is 4.74 Å². The maximum atomic E-state index is 5.24. The first kappa shape index (κ1) is 17.2. The second-order valence-electron chi connectivity index (χ2n) is 6.20. The number of guanidine groups is 1. The number of ether oxygens (including phenoxy) is 1. The van der Waals surface area contributed by atoms with Crippen LogP contribution in [0, 0.1) is 6.92 Å². The van der Waals surface area contributed by atoms with Crippen LogP contribution < -0.4 is 10.1 Å². The molecule has 1 aromatic carbocycles. The molecule has 132 valence electrons. The van der Waals surface area contributed by atoms with Gasteiger partial charge in [-0.25, -0.2) is 9.97 Å². The van der Waals surface area contributed by atoms with Crippen molar-refractivity contribution in [1.82, 2.24) is 20.2 Å². The molecule has 1 aromatic heterocycles. The molecule has 6 nitrogen and oxygen atoms in total. The lowest BCUT2D eigenvalue weighted by Crippen LogP contribution is -2.39. The minimum Gasteiger partial charge on any atom is -0.497 e. The van der Waals surface area contributed by atoms with Gasteiger partial charge >= 0.3 is 0 Å². The predicted octanol–water partition coefficient (Wildman–Crippen LogP) is 2.36. The SMILES string of the molecule is CN=C(NCc1ccnc(C)n1)N1CCC(c2ccc(OC)cc2)C1. The summed E-state index contributed by atoms with van der Waals surface area (Å²) >= 11 is 0. The molecule has 0 amide bonds. The Bertz CT molecular complexity index is 729. The third-order valence-corrected chi connectivity index (χ3v) is 4.55. The monoisotopic (exact) mass is 339 g/mol. The summed E-state index contributed by atoms with van der Waals surface area (Å²) in [5, 5.41) is 3.41. The fourth-order valence-corrected chi connectivity index (χ4v) is 3.21. The van der Waals surface area contributed by atoms with E-state index in [2.05, 4.69) is 37.3 Å². The van der Waals surface area contributed by atoms with Gasteiger partial charge < -0.3 is 15.0 Å². The first-order chi connectivity index (χ1) is 12.2. The van der Waals surface area contributed by atoms with E-state index in [1.54, 1.807) is 13.3 Å². The molecular formula is C19H25N5O. The number of methoxy groups -OCH3 is 1. The molecule has 0 aliphatic carbocycles. The number of rotatable bonds is 4. The number of nitrogens with zero attached hydrogens (tertiary/aromatic N) is 4. The number of benzene rings is 1. The summed E-state index contributed by atoms with van der Waals surface area (Å²) in [5.41, 5.74) is 2.32. The van der Waals surface area contributed by atoms with Gasteiger partial charge in [0.25, 0.3) is 0 Å². The number of aryl methyl sites for hydroxylation is 1. The van der Waals surface area contributed by atoms with Gasteiger partial charge in [0.2, 0.25) is 0 Å². The molecule has 2 aromatic rings. The molecule has 0 spiro atoms. The van der Waals surface area contributed by atoms with Gasteiger partial charge in [-0.05, 0) is 37.1 Å². The van der Waals surface area contributed by atoms with Crippen molar-refractivity contribution in [3.05, 3.63) is 53.6 Å². The third-order valence-electron chi connectivity index (χ3n) is 4.55. The van der Waals surface area contributed by atoms with Gasteiger partial charge in [0.1, 0.15) is 11.6 Å². The topological polar surface area (TPSA) is 62.6 Å². The summed E-state index contributed by atoms with van der Waals surface area (Å²) in [6.45, 7) is 4.52. The van der Waals surface area contributed by atoms with Gasteiger partial charge in [-0.2, -0.15) is 0 Å². The fourth-order valence-electron chi connectivity index (χ4n) is 3.21. The molecule has 0 saturated carbocycles. The van der Waals surface area contributed by atoms with Crippen LogP contribution in [0.1, 0.15) is 29.4 Å². The number of hydrogen-bond acceptors (Lipinski definition) is 4. The Morgan fingerprint density at radius 3 is 2.80 bits per heavy atom. The molecule has 25 heavy (non-hydrogen) atoms. The van der Waals surface area contributed by atoms with Gasteiger partial charge in [-0.1, -0.05) is 12.1 Å². The normalized spacial score (nSPS) is 17.6. The van der Waals surface area contributed by atoms with Crippen molar-refractivity contribution in [1.29, 1.82) is 0 Å². The Hall–Kier alpha value is -2.63. The van der Waals surface area contributed by atoms with E-state index in [4.69, 9.17) is 4.74 Å². The summed E-state index contributed by atoms with van der Waals surface area (Å²) in [4.78, 5) is 15.3. The van der Waals surface area contributed by atoms with Crippen LogP contribution in [0.2, 0.25) is 0 Å². The van der Waals surface area contributed by atoms with Gasteiger partial charge in [-0.15, -0.1) is 0 Å². The van der Waals surface area contributed by atoms with Crippen LogP contribution >= 0.6 is 0 Å². The molecule has 1 aliphatic rings. The molecule has 3 rings (SSSR count). The molecule has 0 bridgehead atoms. The highest BCUT2D eigenvalue weighted by atomic mass is 16.5. The number of aliphatic imine (C=N–C) groups is 1. The van der Waals surface area contributed by atoms with Crippen LogP contribution in [0.4, 0.5) is 0 Å². The minimum atomic E-state index is 0.519. The number of nitrogens with one attached hydrogen (secondary N) is 1. The van der Waals surface area contributed by atoms with Crippen molar-refractivity contribution >= 4 is 5.96 Å². The minimum absolute atomic E-state index is 0.519. The van der Waals surface area contributed by atoms with E-state index in [0.29, 0.717) is 12.5 Å². The fraction of sp³-hybridized carbons (Fsp3) is 0.421. The molecule has 0 radical (unpaired) electrons. The maximum Gasteiger partial charge on any atom is 0.193 e. The second kappa shape index (κ2) is 7.96. The van der Waals surface area contributed by atoms with E-state index in [-0.39, 0.29) is 0 Å². The van der Waals surface area contributed by atoms with Gasteiger partial charge in [0.05, 0.1) is 19.3 Å². The van der Waals surface area contributed by atoms with Crippen molar-refractivity contribution in [2.45, 2.75) is 25.8 Å². The zero-order valence-corrected chi connectivity index (χ0v) is 15.1. The van der Waals surface area contributed by atoms with E-state index < -0.39 is 0 Å². The summed E-state index contributed by atoms with van der Waals surface area (Å²) < 4.78 is 5.24. The zero-order valence-electron chi connectivity index (χ0n) is 15.1. The molecule has 1 atom stereocenters. The summed E-state index contributed by atoms with van der Waals surface area (Å²) in [6, 6.07) is 10.3. The molecular weight excluding hydrogens is 314 g/mol.